The van der Waals surface area contributed by atoms with Gasteiger partial charge in [0.15, 0.2) is 0 Å². The molecule has 1 aromatic carbocycles. The van der Waals surface area contributed by atoms with Crippen molar-refractivity contribution in [3.8, 4) is 0 Å². The van der Waals surface area contributed by atoms with Crippen molar-refractivity contribution in [2.75, 3.05) is 5.32 Å². The van der Waals surface area contributed by atoms with Crippen LogP contribution in [0.5, 0.6) is 0 Å². The first-order chi connectivity index (χ1) is 8.24. The molecule has 0 unspecified atom stereocenters. The summed E-state index contributed by atoms with van der Waals surface area (Å²) in [5.74, 6) is 0. The standard InChI is InChI=1S/C12H15Cl2NO3/c1-12(2,3)18-11(17)15-10-7(6-16)4-5-8(13)9(10)14/h4-5,16H,6H2,1-3H3,(H,15,17). The second kappa shape index (κ2) is 5.78. The van der Waals surface area contributed by atoms with Crippen LogP contribution in [0.3, 0.4) is 0 Å². The Bertz CT molecular complexity index is 455. The van der Waals surface area contributed by atoms with Crippen molar-refractivity contribution >= 4 is 35.0 Å². The third-order valence-corrected chi connectivity index (χ3v) is 2.78. The molecule has 0 aliphatic carbocycles. The van der Waals surface area contributed by atoms with Crippen LogP contribution >= 0.6 is 23.2 Å². The highest BCUT2D eigenvalue weighted by atomic mass is 35.5. The summed E-state index contributed by atoms with van der Waals surface area (Å²) >= 11 is 11.8. The Kier molecular flexibility index (Phi) is 4.85. The van der Waals surface area contributed by atoms with E-state index in [2.05, 4.69) is 5.32 Å². The zero-order chi connectivity index (χ0) is 13.9. The third-order valence-electron chi connectivity index (χ3n) is 1.98. The van der Waals surface area contributed by atoms with Crippen LogP contribution in [0, 0.1) is 0 Å². The van der Waals surface area contributed by atoms with Crippen molar-refractivity contribution < 1.29 is 14.6 Å². The number of aliphatic hydroxyl groups excluding tert-OH is 1. The monoisotopic (exact) mass is 291 g/mol. The van der Waals surface area contributed by atoms with Crippen molar-refractivity contribution in [3.05, 3.63) is 27.7 Å². The zero-order valence-corrected chi connectivity index (χ0v) is 11.9. The molecule has 4 nitrogen and oxygen atoms in total. The Morgan fingerprint density at radius 2 is 2.00 bits per heavy atom. The number of rotatable bonds is 2. The lowest BCUT2D eigenvalue weighted by Gasteiger charge is -2.21. The van der Waals surface area contributed by atoms with Crippen LogP contribution in [0.15, 0.2) is 12.1 Å². The van der Waals surface area contributed by atoms with Crippen LogP contribution < -0.4 is 5.32 Å². The molecule has 0 spiro atoms. The van der Waals surface area contributed by atoms with Crippen molar-refractivity contribution in [2.24, 2.45) is 0 Å². The largest absolute Gasteiger partial charge is 0.444 e. The van der Waals surface area contributed by atoms with E-state index in [1.807, 2.05) is 0 Å². The first kappa shape index (κ1) is 15.1. The zero-order valence-electron chi connectivity index (χ0n) is 10.4. The topological polar surface area (TPSA) is 58.6 Å². The van der Waals surface area contributed by atoms with Gasteiger partial charge in [-0.05, 0) is 26.8 Å². The van der Waals surface area contributed by atoms with Gasteiger partial charge < -0.3 is 9.84 Å². The number of ether oxygens (including phenoxy) is 1. The lowest BCUT2D eigenvalue weighted by Crippen LogP contribution is -2.27. The molecular weight excluding hydrogens is 277 g/mol. The van der Waals surface area contributed by atoms with Gasteiger partial charge in [-0.2, -0.15) is 0 Å². The molecule has 0 aliphatic heterocycles. The smallest absolute Gasteiger partial charge is 0.412 e. The number of anilines is 1. The minimum Gasteiger partial charge on any atom is -0.444 e. The average molecular weight is 292 g/mol. The Morgan fingerprint density at radius 3 is 2.50 bits per heavy atom. The predicted molar refractivity (Wildman–Crippen MR) is 72.2 cm³/mol. The SMILES string of the molecule is CC(C)(C)OC(=O)Nc1c(CO)ccc(Cl)c1Cl. The molecule has 100 valence electrons. The number of amides is 1. The summed E-state index contributed by atoms with van der Waals surface area (Å²) in [5.41, 5.74) is 0.116. The maximum absolute atomic E-state index is 11.6. The molecule has 1 aromatic rings. The van der Waals surface area contributed by atoms with Crippen LogP contribution in [-0.4, -0.2) is 16.8 Å². The van der Waals surface area contributed by atoms with Gasteiger partial charge in [-0.25, -0.2) is 4.79 Å². The number of aliphatic hydroxyl groups is 1. The molecule has 0 heterocycles. The van der Waals surface area contributed by atoms with Gasteiger partial charge >= 0.3 is 6.09 Å². The maximum Gasteiger partial charge on any atom is 0.412 e. The van der Waals surface area contributed by atoms with Gasteiger partial charge in [0.05, 0.1) is 22.3 Å². The summed E-state index contributed by atoms with van der Waals surface area (Å²) in [7, 11) is 0. The van der Waals surface area contributed by atoms with Crippen LogP contribution in [0.25, 0.3) is 0 Å². The van der Waals surface area contributed by atoms with Gasteiger partial charge in [-0.15, -0.1) is 0 Å². The van der Waals surface area contributed by atoms with E-state index in [1.165, 1.54) is 0 Å². The van der Waals surface area contributed by atoms with Gasteiger partial charge in [0.2, 0.25) is 0 Å². The van der Waals surface area contributed by atoms with E-state index in [0.717, 1.165) is 0 Å². The molecule has 0 fully saturated rings. The van der Waals surface area contributed by atoms with Crippen LogP contribution in [0.1, 0.15) is 26.3 Å². The lowest BCUT2D eigenvalue weighted by atomic mass is 10.2. The van der Waals surface area contributed by atoms with Crippen molar-refractivity contribution in [3.63, 3.8) is 0 Å². The molecule has 18 heavy (non-hydrogen) atoms. The molecule has 6 heteroatoms. The summed E-state index contributed by atoms with van der Waals surface area (Å²) in [5, 5.41) is 12.1. The Morgan fingerprint density at radius 1 is 1.39 bits per heavy atom. The normalized spacial score (nSPS) is 11.2. The third kappa shape index (κ3) is 4.05. The van der Waals surface area contributed by atoms with E-state index in [4.69, 9.17) is 27.9 Å². The molecule has 1 amide bonds. The molecule has 2 N–H and O–H groups in total. The van der Waals surface area contributed by atoms with Gasteiger partial charge in [-0.1, -0.05) is 29.3 Å². The van der Waals surface area contributed by atoms with Gasteiger partial charge in [0.1, 0.15) is 5.60 Å². The summed E-state index contributed by atoms with van der Waals surface area (Å²) in [4.78, 5) is 11.6. The maximum atomic E-state index is 11.6. The minimum absolute atomic E-state index is 0.175. The highest BCUT2D eigenvalue weighted by Gasteiger charge is 2.19. The van der Waals surface area contributed by atoms with E-state index < -0.39 is 11.7 Å². The molecule has 0 radical (unpaired) electrons. The van der Waals surface area contributed by atoms with Crippen molar-refractivity contribution in [2.45, 2.75) is 33.0 Å². The van der Waals surface area contributed by atoms with Gasteiger partial charge in [0.25, 0.3) is 0 Å². The molecule has 0 saturated heterocycles. The summed E-state index contributed by atoms with van der Waals surface area (Å²) in [6, 6.07) is 3.14. The van der Waals surface area contributed by atoms with Crippen molar-refractivity contribution in [1.82, 2.24) is 0 Å². The van der Waals surface area contributed by atoms with E-state index >= 15 is 0 Å². The van der Waals surface area contributed by atoms with Crippen LogP contribution in [0.2, 0.25) is 10.0 Å². The van der Waals surface area contributed by atoms with Gasteiger partial charge in [-0.3, -0.25) is 5.32 Å². The highest BCUT2D eigenvalue weighted by molar-refractivity contribution is 6.44. The second-order valence-corrected chi connectivity index (χ2v) is 5.47. The number of hydrogen-bond donors (Lipinski definition) is 2. The second-order valence-electron chi connectivity index (χ2n) is 4.68. The number of hydrogen-bond acceptors (Lipinski definition) is 3. The first-order valence-corrected chi connectivity index (χ1v) is 6.08. The molecule has 0 saturated carbocycles. The fraction of sp³-hybridized carbons (Fsp3) is 0.417. The predicted octanol–water partition coefficient (Wildman–Crippen LogP) is 3.83. The average Bonchev–Trinajstić information content (AvgIpc) is 2.22. The highest BCUT2D eigenvalue weighted by Crippen LogP contribution is 2.33. The van der Waals surface area contributed by atoms with Crippen molar-refractivity contribution in [1.29, 1.82) is 0 Å². The number of carbonyl (C=O) groups is 1. The Labute approximate surface area is 116 Å². The molecule has 0 atom stereocenters. The van der Waals surface area contributed by atoms with Gasteiger partial charge in [0, 0.05) is 5.56 Å². The first-order valence-electron chi connectivity index (χ1n) is 5.32. The summed E-state index contributed by atoms with van der Waals surface area (Å²) < 4.78 is 5.10. The molecule has 0 aromatic heterocycles. The fourth-order valence-electron chi connectivity index (χ4n) is 1.26. The van der Waals surface area contributed by atoms with E-state index in [9.17, 15) is 9.90 Å². The summed E-state index contributed by atoms with van der Waals surface area (Å²) in [6.07, 6.45) is -0.652. The Balaban J connectivity index is 2.96. The fourth-order valence-corrected chi connectivity index (χ4v) is 1.65. The number of halogens is 2. The number of carbonyl (C=O) groups excluding carboxylic acids is 1. The van der Waals surface area contributed by atoms with E-state index in [-0.39, 0.29) is 17.3 Å². The van der Waals surface area contributed by atoms with E-state index in [0.29, 0.717) is 10.6 Å². The molecule has 0 aliphatic rings. The minimum atomic E-state index is -0.652. The molecular formula is C12H15Cl2NO3. The quantitative estimate of drug-likeness (QED) is 0.870. The lowest BCUT2D eigenvalue weighted by molar-refractivity contribution is 0.0635. The summed E-state index contributed by atoms with van der Waals surface area (Å²) in [6.45, 7) is 4.99. The number of nitrogens with one attached hydrogen (secondary N) is 1. The Hall–Kier alpha value is -0.970. The van der Waals surface area contributed by atoms with Crippen LogP contribution in [-0.2, 0) is 11.3 Å². The van der Waals surface area contributed by atoms with E-state index in [1.54, 1.807) is 32.9 Å². The molecule has 0 bridgehead atoms. The molecule has 1 rings (SSSR count). The van der Waals surface area contributed by atoms with Crippen LogP contribution in [0.4, 0.5) is 10.5 Å². The number of benzene rings is 1.